The number of fused-ring (bicyclic) bond motifs is 2. The Kier molecular flexibility index (Phi) is 5.45. The second kappa shape index (κ2) is 8.17. The van der Waals surface area contributed by atoms with Gasteiger partial charge in [0.2, 0.25) is 5.91 Å². The van der Waals surface area contributed by atoms with E-state index in [4.69, 9.17) is 5.21 Å². The van der Waals surface area contributed by atoms with Crippen LogP contribution in [0.3, 0.4) is 0 Å². The molecule has 2 aromatic rings. The molecule has 0 spiro atoms. The number of hydroxylamine groups is 1. The van der Waals surface area contributed by atoms with E-state index in [-0.39, 0.29) is 11.7 Å². The van der Waals surface area contributed by atoms with Gasteiger partial charge in [-0.15, -0.1) is 0 Å². The molecule has 150 valence electrons. The third-order valence-corrected chi connectivity index (χ3v) is 5.78. The Morgan fingerprint density at radius 2 is 1.90 bits per heavy atom. The Hall–Kier alpha value is -2.99. The highest BCUT2D eigenvalue weighted by Gasteiger charge is 2.26. The first-order valence-corrected chi connectivity index (χ1v) is 9.86. The van der Waals surface area contributed by atoms with E-state index in [1.807, 2.05) is 17.0 Å². The molecule has 4 rings (SSSR count). The maximum absolute atomic E-state index is 13.1. The fourth-order valence-electron chi connectivity index (χ4n) is 4.26. The van der Waals surface area contributed by atoms with E-state index in [2.05, 4.69) is 0 Å². The van der Waals surface area contributed by atoms with Crippen molar-refractivity contribution in [2.45, 2.75) is 38.6 Å². The van der Waals surface area contributed by atoms with Crippen molar-refractivity contribution < 1.29 is 19.2 Å². The Balaban J connectivity index is 1.58. The highest BCUT2D eigenvalue weighted by molar-refractivity contribution is 5.95. The molecule has 2 N–H and O–H groups in total. The number of nitrogens with zero attached hydrogens (tertiary/aromatic N) is 1. The predicted octanol–water partition coefficient (Wildman–Crippen LogP) is 3.86. The van der Waals surface area contributed by atoms with E-state index < -0.39 is 5.91 Å². The molecule has 1 heterocycles. The summed E-state index contributed by atoms with van der Waals surface area (Å²) in [6.45, 7) is 1.12. The van der Waals surface area contributed by atoms with E-state index in [1.54, 1.807) is 23.7 Å². The zero-order valence-corrected chi connectivity index (χ0v) is 16.1. The first-order valence-electron chi connectivity index (χ1n) is 9.86. The van der Waals surface area contributed by atoms with E-state index >= 15 is 0 Å². The van der Waals surface area contributed by atoms with Gasteiger partial charge in [-0.1, -0.05) is 23.8 Å². The van der Waals surface area contributed by atoms with Crippen LogP contribution in [-0.4, -0.2) is 28.5 Å². The van der Waals surface area contributed by atoms with Crippen molar-refractivity contribution in [2.24, 2.45) is 0 Å². The summed E-state index contributed by atoms with van der Waals surface area (Å²) in [6, 6.07) is 11.7. The van der Waals surface area contributed by atoms with Crippen LogP contribution in [0.2, 0.25) is 0 Å². The Morgan fingerprint density at radius 1 is 1.10 bits per heavy atom. The summed E-state index contributed by atoms with van der Waals surface area (Å²) in [5.74, 6) is -0.736. The summed E-state index contributed by atoms with van der Waals surface area (Å²) in [5, 5.41) is 8.92. The fraction of sp³-hybridized carbons (Fsp3) is 0.304. The molecule has 1 aliphatic carbocycles. The minimum absolute atomic E-state index is 0.0780. The molecule has 0 radical (unpaired) electrons. The normalized spacial score (nSPS) is 16.6. The quantitative estimate of drug-likeness (QED) is 0.614. The Labute approximate surface area is 168 Å². The third-order valence-electron chi connectivity index (χ3n) is 5.78. The van der Waals surface area contributed by atoms with Crippen LogP contribution in [0.25, 0.3) is 5.57 Å². The number of hydrogen-bond acceptors (Lipinski definition) is 3. The summed E-state index contributed by atoms with van der Waals surface area (Å²) in [4.78, 5) is 26.6. The summed E-state index contributed by atoms with van der Waals surface area (Å²) < 4.78 is 13.1. The molecule has 2 aliphatic rings. The molecule has 0 bridgehead atoms. The topological polar surface area (TPSA) is 69.6 Å². The highest BCUT2D eigenvalue weighted by Crippen LogP contribution is 2.38. The third kappa shape index (κ3) is 4.07. The maximum Gasteiger partial charge on any atom is 0.274 e. The molecule has 29 heavy (non-hydrogen) atoms. The van der Waals surface area contributed by atoms with Gasteiger partial charge in [0, 0.05) is 25.1 Å². The molecule has 2 aromatic carbocycles. The van der Waals surface area contributed by atoms with Crippen molar-refractivity contribution in [3.05, 3.63) is 76.1 Å². The van der Waals surface area contributed by atoms with Gasteiger partial charge in [-0.2, -0.15) is 0 Å². The molecule has 0 atom stereocenters. The molecule has 6 heteroatoms. The zero-order valence-electron chi connectivity index (χ0n) is 16.1. The fourth-order valence-corrected chi connectivity index (χ4v) is 4.26. The number of carbonyl (C=O) groups excluding carboxylic acids is 2. The van der Waals surface area contributed by atoms with Gasteiger partial charge < -0.3 is 4.90 Å². The standard InChI is InChI=1S/C23H23FN2O3/c24-19-9-3-15(4-10-19)14-26-11-1-2-20-17(13-22(26)27)7-5-16-6-8-18(12-21(16)20)23(28)25-29/h3-4,6,8-10,12,29H,1-2,5,7,11,13-14H2,(H,25,28). The smallest absolute Gasteiger partial charge is 0.274 e. The van der Waals surface area contributed by atoms with Crippen LogP contribution < -0.4 is 5.48 Å². The van der Waals surface area contributed by atoms with Gasteiger partial charge in [-0.25, -0.2) is 9.87 Å². The molecule has 0 saturated carbocycles. The molecule has 0 aromatic heterocycles. The van der Waals surface area contributed by atoms with Crippen molar-refractivity contribution in [3.8, 4) is 0 Å². The maximum atomic E-state index is 13.1. The summed E-state index contributed by atoms with van der Waals surface area (Å²) in [7, 11) is 0. The molecular weight excluding hydrogens is 371 g/mol. The van der Waals surface area contributed by atoms with Crippen molar-refractivity contribution in [2.75, 3.05) is 6.54 Å². The van der Waals surface area contributed by atoms with E-state index in [9.17, 15) is 14.0 Å². The lowest BCUT2D eigenvalue weighted by atomic mass is 9.80. The Morgan fingerprint density at radius 3 is 2.66 bits per heavy atom. The summed E-state index contributed by atoms with van der Waals surface area (Å²) >= 11 is 0. The number of rotatable bonds is 3. The van der Waals surface area contributed by atoms with Crippen LogP contribution in [-0.2, 0) is 17.8 Å². The lowest BCUT2D eigenvalue weighted by molar-refractivity contribution is -0.131. The van der Waals surface area contributed by atoms with Gasteiger partial charge in [-0.3, -0.25) is 14.8 Å². The molecule has 5 nitrogen and oxygen atoms in total. The summed E-state index contributed by atoms with van der Waals surface area (Å²) in [5.41, 5.74) is 7.50. The molecule has 0 fully saturated rings. The average Bonchev–Trinajstić information content (AvgIpc) is 2.73. The second-order valence-electron chi connectivity index (χ2n) is 7.62. The molecular formula is C23H23FN2O3. The minimum atomic E-state index is -0.534. The van der Waals surface area contributed by atoms with Gasteiger partial charge in [0.1, 0.15) is 5.82 Å². The van der Waals surface area contributed by atoms with Crippen molar-refractivity contribution in [1.82, 2.24) is 10.4 Å². The van der Waals surface area contributed by atoms with E-state index in [0.29, 0.717) is 25.1 Å². The molecule has 1 aliphatic heterocycles. The average molecular weight is 394 g/mol. The lowest BCUT2D eigenvalue weighted by Gasteiger charge is -2.30. The lowest BCUT2D eigenvalue weighted by Crippen LogP contribution is -2.33. The number of benzene rings is 2. The number of hydrogen-bond donors (Lipinski definition) is 2. The second-order valence-corrected chi connectivity index (χ2v) is 7.62. The monoisotopic (exact) mass is 394 g/mol. The van der Waals surface area contributed by atoms with Gasteiger partial charge in [0.05, 0.1) is 0 Å². The molecule has 2 amide bonds. The number of nitrogens with one attached hydrogen (secondary N) is 1. The summed E-state index contributed by atoms with van der Waals surface area (Å²) in [6.07, 6.45) is 3.69. The van der Waals surface area contributed by atoms with Crippen LogP contribution in [0.5, 0.6) is 0 Å². The van der Waals surface area contributed by atoms with Crippen LogP contribution in [0.1, 0.15) is 52.7 Å². The van der Waals surface area contributed by atoms with Crippen LogP contribution in [0.4, 0.5) is 4.39 Å². The van der Waals surface area contributed by atoms with Crippen molar-refractivity contribution in [3.63, 3.8) is 0 Å². The van der Waals surface area contributed by atoms with Crippen LogP contribution in [0.15, 0.2) is 48.0 Å². The number of amides is 2. The van der Waals surface area contributed by atoms with Crippen molar-refractivity contribution in [1.29, 1.82) is 0 Å². The zero-order chi connectivity index (χ0) is 20.4. The van der Waals surface area contributed by atoms with Gasteiger partial charge in [-0.05, 0) is 72.2 Å². The van der Waals surface area contributed by atoms with E-state index in [1.165, 1.54) is 17.7 Å². The van der Waals surface area contributed by atoms with Crippen LogP contribution in [0, 0.1) is 5.82 Å². The number of aryl methyl sites for hydroxylation is 1. The number of halogens is 1. The Bertz CT molecular complexity index is 982. The number of carbonyl (C=O) groups is 2. The molecule has 0 saturated heterocycles. The molecule has 0 unspecified atom stereocenters. The highest BCUT2D eigenvalue weighted by atomic mass is 19.1. The van der Waals surface area contributed by atoms with E-state index in [0.717, 1.165) is 48.0 Å². The SMILES string of the molecule is O=C(NO)c1ccc2c(c1)C1=C(CC2)CC(=O)N(Cc2ccc(F)cc2)CCC1. The van der Waals surface area contributed by atoms with Gasteiger partial charge >= 0.3 is 0 Å². The first-order chi connectivity index (χ1) is 14.0. The van der Waals surface area contributed by atoms with Crippen LogP contribution >= 0.6 is 0 Å². The predicted molar refractivity (Wildman–Crippen MR) is 107 cm³/mol. The largest absolute Gasteiger partial charge is 0.338 e. The van der Waals surface area contributed by atoms with Gasteiger partial charge in [0.25, 0.3) is 5.91 Å². The first kappa shape index (κ1) is 19.3. The minimum Gasteiger partial charge on any atom is -0.338 e. The number of allylic oxidation sites excluding steroid dienone is 1. The van der Waals surface area contributed by atoms with Gasteiger partial charge in [0.15, 0.2) is 0 Å². The van der Waals surface area contributed by atoms with Crippen molar-refractivity contribution >= 4 is 17.4 Å².